The molecular weight excluding hydrogens is 2100 g/mol. The standard InChI is InChI=1S/C28H57BrO13.C25H49Br3O14.C25H46O11.C7H16O5.C3H6O2/c1-5-22(30)10-36-8-21(29)9-37-18-27(17-35-4)42-20-28(41-16-26(34)15-39-12-24(32)7-3)19-40-14-25(33)13-38-11-23(31)6-2;1-35-14-24(15-39-10-21(32)8-36-5-18(29)2-26)42-17-25(41-13-23(34)12-38-7-20(31)4-28)16-40-11-22(33)9-37-6-19(30)3-27;1-5-8-30-11-21(26)14-33-18-24(17-29-4)36-20-25(35-16-23(28)13-32-10-7-3)19-34-15-22(27)12-31-9-6-2;1-11-5-7(3-9)12-4-6(10)2-8;1-3(4)5-2/h21-28,30-34H,5-20H2,1-4H3;18-25,29-34H,2-17H2,1H3;5-7,21-28H,1-3,8-20H2,4H3;6-10H,2-5H2,1H3;1-2H3. The molecule has 0 bridgehead atoms. The molecule has 0 radical (unpaired) electrons. The lowest BCUT2D eigenvalue weighted by Gasteiger charge is -2.24. The number of hydrogen-bond donors (Lipinski definition) is 17. The smallest absolute Gasteiger partial charge is 0.302 e. The molecule has 0 saturated heterocycles. The van der Waals surface area contributed by atoms with Gasteiger partial charge in [-0.15, -0.1) is 19.7 Å². The molecule has 0 aromatic rings. The lowest BCUT2D eigenvalue weighted by atomic mass is 10.3. The molecule has 0 aliphatic rings. The highest BCUT2D eigenvalue weighted by atomic mass is 79.9. The first-order valence-electron chi connectivity index (χ1n) is 45.3. The van der Waals surface area contributed by atoms with Crippen molar-refractivity contribution in [2.75, 3.05) is 336 Å². The maximum absolute atomic E-state index is 10.2. The molecule has 0 amide bonds. The largest absolute Gasteiger partial charge is 0.469 e. The summed E-state index contributed by atoms with van der Waals surface area (Å²) >= 11 is 12.9. The third-order valence-electron chi connectivity index (χ3n) is 16.7. The minimum atomic E-state index is -0.965. The van der Waals surface area contributed by atoms with E-state index in [0.717, 1.165) is 0 Å². The summed E-state index contributed by atoms with van der Waals surface area (Å²) in [5.74, 6) is -0.245. The quantitative estimate of drug-likeness (QED) is 0.0133. The Balaban J connectivity index is -0.000000584. The van der Waals surface area contributed by atoms with Crippen LogP contribution in [0, 0.1) is 0 Å². The van der Waals surface area contributed by atoms with Gasteiger partial charge in [0.05, 0.1) is 333 Å². The second-order valence-electron chi connectivity index (χ2n) is 30.6. The fourth-order valence-corrected chi connectivity index (χ4v) is 10.3. The maximum Gasteiger partial charge on any atom is 0.302 e. The van der Waals surface area contributed by atoms with Crippen LogP contribution in [0.2, 0.25) is 0 Å². The zero-order chi connectivity index (χ0) is 104. The van der Waals surface area contributed by atoms with Gasteiger partial charge < -0.3 is 215 Å². The molecule has 0 rings (SSSR count). The Morgan fingerprint density at radius 1 is 0.241 bits per heavy atom. The van der Waals surface area contributed by atoms with Crippen molar-refractivity contribution < 1.29 is 220 Å². The van der Waals surface area contributed by atoms with Gasteiger partial charge in [0.2, 0.25) is 0 Å². The first-order chi connectivity index (χ1) is 65.8. The summed E-state index contributed by atoms with van der Waals surface area (Å²) in [6.07, 6.45) is -8.60. The van der Waals surface area contributed by atoms with Gasteiger partial charge in [-0.2, -0.15) is 0 Å². The molecule has 137 heavy (non-hydrogen) atoms. The molecule has 0 fully saturated rings. The number of esters is 1. The molecule has 0 aliphatic heterocycles. The highest BCUT2D eigenvalue weighted by molar-refractivity contribution is 9.09. The summed E-state index contributed by atoms with van der Waals surface area (Å²) in [5, 5.41) is 165. The second kappa shape index (κ2) is 108. The van der Waals surface area contributed by atoms with Crippen molar-refractivity contribution in [1.29, 1.82) is 0 Å². The molecule has 49 heteroatoms. The fraction of sp³-hybridized carbons (Fsp3) is 0.920. The van der Waals surface area contributed by atoms with Gasteiger partial charge >= 0.3 is 5.97 Å². The number of ether oxygens (including phenoxy) is 27. The van der Waals surface area contributed by atoms with Crippen LogP contribution in [0.15, 0.2) is 38.0 Å². The van der Waals surface area contributed by atoms with Crippen LogP contribution in [0.5, 0.6) is 0 Å². The molecule has 23 unspecified atom stereocenters. The average Bonchev–Trinajstić information content (AvgIpc) is 0.948. The van der Waals surface area contributed by atoms with Gasteiger partial charge in [-0.05, 0) is 19.3 Å². The van der Waals surface area contributed by atoms with Gasteiger partial charge in [-0.25, -0.2) is 0 Å². The molecule has 0 spiro atoms. The topological polar surface area (TPSA) is 610 Å². The molecule has 23 atom stereocenters. The SMILES string of the molecule is C=CCOCC(O)COCC(COC)OCC(COCC(O)COCC=C)OCC(O)COCC=C.CCC(O)COCC(O)COCC(COC(COC)COCC(Br)COCC(O)CC)OCC(O)COCC(O)CC.COC(C)=O.COCC(CO)OCC(O)CO.COCC(COCC(O)COCC(O)CBr)OCC(COCC(O)COCC(O)CBr)OCC(O)COCC(O)CBr. The molecule has 0 aromatic carbocycles. The minimum Gasteiger partial charge on any atom is -0.469 e. The molecule has 0 saturated carbocycles. The van der Waals surface area contributed by atoms with Gasteiger partial charge in [-0.3, -0.25) is 4.79 Å². The van der Waals surface area contributed by atoms with Crippen LogP contribution in [0.1, 0.15) is 47.0 Å². The molecule has 0 aromatic heterocycles. The maximum atomic E-state index is 10.2. The van der Waals surface area contributed by atoms with Gasteiger partial charge in [0.25, 0.3) is 0 Å². The molecular formula is C88H174Br4O45. The van der Waals surface area contributed by atoms with E-state index in [0.29, 0.717) is 68.3 Å². The summed E-state index contributed by atoms with van der Waals surface area (Å²) in [7, 11) is 7.45. The van der Waals surface area contributed by atoms with Crippen LogP contribution in [0.4, 0.5) is 0 Å². The minimum absolute atomic E-state index is 0.000128. The van der Waals surface area contributed by atoms with E-state index in [9.17, 15) is 76.3 Å². The van der Waals surface area contributed by atoms with E-state index >= 15 is 0 Å². The third kappa shape index (κ3) is 105. The van der Waals surface area contributed by atoms with Gasteiger partial charge in [-0.1, -0.05) is 103 Å². The Bertz CT molecular complexity index is 2390. The van der Waals surface area contributed by atoms with Gasteiger partial charge in [0, 0.05) is 51.4 Å². The zero-order valence-electron chi connectivity index (χ0n) is 81.8. The van der Waals surface area contributed by atoms with Crippen LogP contribution in [0.25, 0.3) is 0 Å². The van der Waals surface area contributed by atoms with E-state index < -0.39 is 134 Å². The van der Waals surface area contributed by atoms with Crippen molar-refractivity contribution in [3.63, 3.8) is 0 Å². The molecule has 0 heterocycles. The van der Waals surface area contributed by atoms with Crippen molar-refractivity contribution >= 4 is 69.7 Å². The van der Waals surface area contributed by atoms with Gasteiger partial charge in [0.1, 0.15) is 97.7 Å². The van der Waals surface area contributed by atoms with E-state index in [4.69, 9.17) is 138 Å². The first kappa shape index (κ1) is 144. The lowest BCUT2D eigenvalue weighted by molar-refractivity contribution is -0.137. The van der Waals surface area contributed by atoms with E-state index in [1.54, 1.807) is 32.4 Å². The lowest BCUT2D eigenvalue weighted by Crippen LogP contribution is -2.36. The number of hydrogen-bond acceptors (Lipinski definition) is 45. The highest BCUT2D eigenvalue weighted by Crippen LogP contribution is 2.12. The third-order valence-corrected chi connectivity index (χ3v) is 19.5. The second-order valence-corrected chi connectivity index (χ2v) is 33.8. The number of aliphatic hydroxyl groups excluding tert-OH is 17. The summed E-state index contributed by atoms with van der Waals surface area (Å²) in [6.45, 7) is 21.8. The van der Waals surface area contributed by atoms with Crippen molar-refractivity contribution in [3.8, 4) is 0 Å². The van der Waals surface area contributed by atoms with Crippen molar-refractivity contribution in [1.82, 2.24) is 0 Å². The van der Waals surface area contributed by atoms with Crippen molar-refractivity contribution in [3.05, 3.63) is 38.0 Å². The number of rotatable bonds is 97. The average molecular weight is 2270 g/mol. The fourth-order valence-electron chi connectivity index (χ4n) is 9.35. The molecule has 0 aliphatic carbocycles. The Hall–Kier alpha value is -1.11. The van der Waals surface area contributed by atoms with Crippen molar-refractivity contribution in [2.24, 2.45) is 0 Å². The summed E-state index contributed by atoms with van der Waals surface area (Å²) < 4.78 is 146. The van der Waals surface area contributed by atoms with Crippen LogP contribution in [0.3, 0.4) is 0 Å². The van der Waals surface area contributed by atoms with Crippen LogP contribution in [-0.4, -0.2) is 568 Å². The Kier molecular flexibility index (Phi) is 113. The Labute approximate surface area is 844 Å². The molecule has 824 valence electrons. The summed E-state index contributed by atoms with van der Waals surface area (Å²) in [6, 6.07) is 0. The first-order valence-corrected chi connectivity index (χ1v) is 49.6. The van der Waals surface area contributed by atoms with Gasteiger partial charge in [0.15, 0.2) is 0 Å². The van der Waals surface area contributed by atoms with Crippen molar-refractivity contribution in [2.45, 2.75) is 186 Å². The summed E-state index contributed by atoms with van der Waals surface area (Å²) in [4.78, 5) is 9.53. The zero-order valence-corrected chi connectivity index (χ0v) is 88.2. The monoisotopic (exact) mass is 2270 g/mol. The van der Waals surface area contributed by atoms with E-state index in [1.807, 2.05) is 20.8 Å². The normalized spacial score (nSPS) is 16.7. The van der Waals surface area contributed by atoms with E-state index in [-0.39, 0.29) is 262 Å². The van der Waals surface area contributed by atoms with Crippen LogP contribution < -0.4 is 0 Å². The predicted octanol–water partition coefficient (Wildman–Crippen LogP) is -2.21. The number of methoxy groups -OCH3 is 5. The predicted molar refractivity (Wildman–Crippen MR) is 515 cm³/mol. The molecule has 17 N–H and O–H groups in total. The van der Waals surface area contributed by atoms with E-state index in [1.165, 1.54) is 28.3 Å². The molecule has 45 nitrogen and oxygen atoms in total. The van der Waals surface area contributed by atoms with Crippen LogP contribution in [-0.2, 0) is 133 Å². The number of aliphatic hydroxyl groups is 17. The Morgan fingerprint density at radius 3 is 0.628 bits per heavy atom. The van der Waals surface area contributed by atoms with E-state index in [2.05, 4.69) is 88.2 Å². The number of carbonyl (C=O) groups excluding carboxylic acids is 1. The number of carbonyl (C=O) groups is 1. The highest BCUT2D eigenvalue weighted by Gasteiger charge is 2.25. The number of alkyl halides is 4. The van der Waals surface area contributed by atoms with Crippen LogP contribution >= 0.6 is 63.7 Å². The summed E-state index contributed by atoms with van der Waals surface area (Å²) in [5.41, 5.74) is 0. The number of halogens is 4. The Morgan fingerprint density at radius 2 is 0.416 bits per heavy atom.